The molecule has 0 heterocycles. The molecule has 10 heteroatoms. The second-order valence-electron chi connectivity index (χ2n) is 4.33. The standard InChI is InChI=1S/C11H15ClO6S3/c1-2-7-19(13,14)10-5-3-4-6-11(10)20(15,16)8-9-21(12,17)18/h3-6H,2,7-9H2,1H3. The van der Waals surface area contributed by atoms with E-state index in [0.717, 1.165) is 6.07 Å². The molecule has 0 atom stereocenters. The van der Waals surface area contributed by atoms with Crippen molar-refractivity contribution >= 4 is 39.4 Å². The molecule has 1 rings (SSSR count). The Balaban J connectivity index is 3.32. The van der Waals surface area contributed by atoms with E-state index in [4.69, 9.17) is 10.7 Å². The predicted octanol–water partition coefficient (Wildman–Crippen LogP) is 1.21. The van der Waals surface area contributed by atoms with Crippen LogP contribution in [-0.4, -0.2) is 42.5 Å². The molecule has 21 heavy (non-hydrogen) atoms. The summed E-state index contributed by atoms with van der Waals surface area (Å²) in [7, 11) is -6.79. The number of hydrogen-bond donors (Lipinski definition) is 0. The Morgan fingerprint density at radius 3 is 1.62 bits per heavy atom. The first kappa shape index (κ1) is 18.4. The molecule has 0 fully saturated rings. The van der Waals surface area contributed by atoms with Crippen molar-refractivity contribution in [1.29, 1.82) is 0 Å². The Hall–Kier alpha value is -0.640. The lowest BCUT2D eigenvalue weighted by Crippen LogP contribution is -2.18. The van der Waals surface area contributed by atoms with E-state index >= 15 is 0 Å². The lowest BCUT2D eigenvalue weighted by atomic mass is 10.4. The minimum absolute atomic E-state index is 0.187. The highest BCUT2D eigenvalue weighted by Gasteiger charge is 2.26. The number of sulfone groups is 2. The molecule has 0 radical (unpaired) electrons. The SMILES string of the molecule is CCCS(=O)(=O)c1ccccc1S(=O)(=O)CCS(=O)(=O)Cl. The quantitative estimate of drug-likeness (QED) is 0.664. The molecule has 1 aromatic rings. The molecule has 6 nitrogen and oxygen atoms in total. The monoisotopic (exact) mass is 374 g/mol. The second kappa shape index (κ2) is 6.64. The minimum Gasteiger partial charge on any atom is -0.224 e. The third kappa shape index (κ3) is 5.24. The number of halogens is 1. The van der Waals surface area contributed by atoms with Crippen molar-refractivity contribution in [3.63, 3.8) is 0 Å². The third-order valence-corrected chi connectivity index (χ3v) is 7.87. The molecule has 0 aliphatic rings. The molecule has 0 N–H and O–H groups in total. The highest BCUT2D eigenvalue weighted by Crippen LogP contribution is 2.23. The van der Waals surface area contributed by atoms with E-state index in [1.54, 1.807) is 6.92 Å². The predicted molar refractivity (Wildman–Crippen MR) is 80.5 cm³/mol. The first-order chi connectivity index (χ1) is 9.49. The van der Waals surface area contributed by atoms with Crippen LogP contribution in [0.25, 0.3) is 0 Å². The van der Waals surface area contributed by atoms with Gasteiger partial charge in [-0.15, -0.1) is 0 Å². The molecular formula is C11H15ClO6S3. The van der Waals surface area contributed by atoms with Gasteiger partial charge in [0.05, 0.1) is 27.0 Å². The van der Waals surface area contributed by atoms with Crippen LogP contribution in [-0.2, 0) is 28.7 Å². The van der Waals surface area contributed by atoms with Gasteiger partial charge in [-0.2, -0.15) is 0 Å². The summed E-state index contributed by atoms with van der Waals surface area (Å²) >= 11 is 0. The Morgan fingerprint density at radius 2 is 1.24 bits per heavy atom. The number of benzene rings is 1. The molecule has 0 aliphatic heterocycles. The van der Waals surface area contributed by atoms with Gasteiger partial charge in [0.15, 0.2) is 19.7 Å². The third-order valence-electron chi connectivity index (χ3n) is 2.59. The van der Waals surface area contributed by atoms with Gasteiger partial charge in [0.1, 0.15) is 0 Å². The first-order valence-corrected chi connectivity index (χ1v) is 11.7. The molecule has 0 unspecified atom stereocenters. The summed E-state index contributed by atoms with van der Waals surface area (Å²) in [5.41, 5.74) is 0. The molecule has 0 bridgehead atoms. The van der Waals surface area contributed by atoms with E-state index in [2.05, 4.69) is 0 Å². The fourth-order valence-electron chi connectivity index (χ4n) is 1.66. The van der Waals surface area contributed by atoms with Crippen LogP contribution in [0.2, 0.25) is 0 Å². The van der Waals surface area contributed by atoms with Crippen LogP contribution in [0.3, 0.4) is 0 Å². The van der Waals surface area contributed by atoms with E-state index in [1.807, 2.05) is 0 Å². The summed E-state index contributed by atoms with van der Waals surface area (Å²) in [5.74, 6) is -1.73. The van der Waals surface area contributed by atoms with Crippen LogP contribution in [0, 0.1) is 0 Å². The fourth-order valence-corrected chi connectivity index (χ4v) is 6.96. The highest BCUT2D eigenvalue weighted by atomic mass is 35.7. The zero-order valence-corrected chi connectivity index (χ0v) is 14.4. The summed E-state index contributed by atoms with van der Waals surface area (Å²) in [6.45, 7) is 1.66. The van der Waals surface area contributed by atoms with Gasteiger partial charge in [-0.05, 0) is 18.6 Å². The van der Waals surface area contributed by atoms with Crippen LogP contribution in [0.4, 0.5) is 0 Å². The van der Waals surface area contributed by atoms with Crippen LogP contribution in [0.15, 0.2) is 34.1 Å². The Morgan fingerprint density at radius 1 is 0.810 bits per heavy atom. The van der Waals surface area contributed by atoms with Crippen molar-refractivity contribution in [2.45, 2.75) is 23.1 Å². The summed E-state index contributed by atoms with van der Waals surface area (Å²) < 4.78 is 70.3. The lowest BCUT2D eigenvalue weighted by molar-refractivity contribution is 0.581. The van der Waals surface area contributed by atoms with Crippen LogP contribution in [0.5, 0.6) is 0 Å². The zero-order valence-electron chi connectivity index (χ0n) is 11.2. The van der Waals surface area contributed by atoms with Crippen LogP contribution < -0.4 is 0 Å². The number of rotatable bonds is 7. The maximum Gasteiger partial charge on any atom is 0.233 e. The lowest BCUT2D eigenvalue weighted by Gasteiger charge is -2.10. The van der Waals surface area contributed by atoms with E-state index in [-0.39, 0.29) is 10.6 Å². The fraction of sp³-hybridized carbons (Fsp3) is 0.455. The van der Waals surface area contributed by atoms with E-state index < -0.39 is 45.1 Å². The average molecular weight is 375 g/mol. The summed E-state index contributed by atoms with van der Waals surface area (Å²) in [6.07, 6.45) is 0.340. The Labute approximate surface area is 129 Å². The molecule has 0 spiro atoms. The normalized spacial score (nSPS) is 13.2. The van der Waals surface area contributed by atoms with Gasteiger partial charge >= 0.3 is 0 Å². The summed E-state index contributed by atoms with van der Waals surface area (Å²) in [6, 6.07) is 5.15. The van der Waals surface area contributed by atoms with E-state index in [0.29, 0.717) is 6.42 Å². The van der Waals surface area contributed by atoms with Gasteiger partial charge in [-0.3, -0.25) is 0 Å². The van der Waals surface area contributed by atoms with E-state index in [9.17, 15) is 25.3 Å². The highest BCUT2D eigenvalue weighted by molar-refractivity contribution is 8.14. The van der Waals surface area contributed by atoms with Gasteiger partial charge in [0, 0.05) is 10.7 Å². The molecule has 0 amide bonds. The Bertz CT molecular complexity index is 809. The van der Waals surface area contributed by atoms with Crippen molar-refractivity contribution in [2.75, 3.05) is 17.3 Å². The van der Waals surface area contributed by atoms with Gasteiger partial charge in [-0.1, -0.05) is 19.1 Å². The van der Waals surface area contributed by atoms with Crippen LogP contribution in [0.1, 0.15) is 13.3 Å². The molecule has 0 saturated heterocycles. The van der Waals surface area contributed by atoms with Crippen molar-refractivity contribution in [2.24, 2.45) is 0 Å². The topological polar surface area (TPSA) is 102 Å². The molecule has 0 saturated carbocycles. The maximum atomic E-state index is 12.2. The minimum atomic E-state index is -4.07. The molecule has 0 aromatic heterocycles. The number of hydrogen-bond acceptors (Lipinski definition) is 6. The van der Waals surface area contributed by atoms with Crippen molar-refractivity contribution in [3.05, 3.63) is 24.3 Å². The van der Waals surface area contributed by atoms with Gasteiger partial charge < -0.3 is 0 Å². The molecule has 120 valence electrons. The Kier molecular flexibility index (Phi) is 5.82. The zero-order chi connectivity index (χ0) is 16.3. The van der Waals surface area contributed by atoms with Crippen molar-refractivity contribution < 1.29 is 25.3 Å². The van der Waals surface area contributed by atoms with Crippen molar-refractivity contribution in [3.8, 4) is 0 Å². The summed E-state index contributed by atoms with van der Waals surface area (Å²) in [5, 5.41) is 0. The van der Waals surface area contributed by atoms with E-state index in [1.165, 1.54) is 18.2 Å². The van der Waals surface area contributed by atoms with Gasteiger partial charge in [0.25, 0.3) is 0 Å². The van der Waals surface area contributed by atoms with Crippen molar-refractivity contribution in [1.82, 2.24) is 0 Å². The maximum absolute atomic E-state index is 12.2. The average Bonchev–Trinajstić information content (AvgIpc) is 2.36. The summed E-state index contributed by atoms with van der Waals surface area (Å²) in [4.78, 5) is -0.697. The second-order valence-corrected chi connectivity index (χ2v) is 11.4. The van der Waals surface area contributed by atoms with Gasteiger partial charge in [-0.25, -0.2) is 25.3 Å². The van der Waals surface area contributed by atoms with Gasteiger partial charge in [0.2, 0.25) is 9.05 Å². The largest absolute Gasteiger partial charge is 0.233 e. The molecule has 1 aromatic carbocycles. The smallest absolute Gasteiger partial charge is 0.224 e. The first-order valence-electron chi connectivity index (χ1n) is 5.96. The molecule has 0 aliphatic carbocycles. The van der Waals surface area contributed by atoms with Crippen LogP contribution >= 0.6 is 10.7 Å². The molecular weight excluding hydrogens is 360 g/mol.